The van der Waals surface area contributed by atoms with Gasteiger partial charge in [-0.1, -0.05) is 20.3 Å². The number of nitrogens with zero attached hydrogens (tertiary/aromatic N) is 3. The van der Waals surface area contributed by atoms with E-state index in [4.69, 9.17) is 0 Å². The van der Waals surface area contributed by atoms with E-state index >= 15 is 0 Å². The molecule has 2 unspecified atom stereocenters. The standard InChI is InChI=1S/C15H28N4/c1-4-13(2)15-12-18(8-5-6-17-15)10-11-19-9-7-16-14(19)3/h7,9,13,15,17H,4-6,8,10-12H2,1-3H3. The number of hydrogen-bond donors (Lipinski definition) is 1. The molecule has 1 fully saturated rings. The van der Waals surface area contributed by atoms with Gasteiger partial charge in [0, 0.05) is 38.1 Å². The van der Waals surface area contributed by atoms with Crippen molar-refractivity contribution in [3.05, 3.63) is 18.2 Å². The van der Waals surface area contributed by atoms with Crippen molar-refractivity contribution in [1.82, 2.24) is 19.8 Å². The summed E-state index contributed by atoms with van der Waals surface area (Å²) in [6.07, 6.45) is 6.49. The van der Waals surface area contributed by atoms with Crippen molar-refractivity contribution in [1.29, 1.82) is 0 Å². The van der Waals surface area contributed by atoms with Crippen LogP contribution in [0.25, 0.3) is 0 Å². The Morgan fingerprint density at radius 2 is 2.32 bits per heavy atom. The van der Waals surface area contributed by atoms with E-state index in [1.165, 1.54) is 25.9 Å². The van der Waals surface area contributed by atoms with E-state index in [1.807, 2.05) is 6.20 Å². The topological polar surface area (TPSA) is 33.1 Å². The van der Waals surface area contributed by atoms with Crippen molar-refractivity contribution < 1.29 is 0 Å². The van der Waals surface area contributed by atoms with E-state index in [0.717, 1.165) is 31.4 Å². The van der Waals surface area contributed by atoms with Crippen LogP contribution in [-0.4, -0.2) is 46.7 Å². The van der Waals surface area contributed by atoms with Gasteiger partial charge in [-0.05, 0) is 32.4 Å². The Hall–Kier alpha value is -0.870. The van der Waals surface area contributed by atoms with E-state index in [9.17, 15) is 0 Å². The second kappa shape index (κ2) is 7.06. The Morgan fingerprint density at radius 3 is 3.00 bits per heavy atom. The molecule has 4 nitrogen and oxygen atoms in total. The van der Waals surface area contributed by atoms with Gasteiger partial charge in [0.2, 0.25) is 0 Å². The van der Waals surface area contributed by atoms with Crippen molar-refractivity contribution in [3.8, 4) is 0 Å². The summed E-state index contributed by atoms with van der Waals surface area (Å²) in [5.41, 5.74) is 0. The highest BCUT2D eigenvalue weighted by Gasteiger charge is 2.21. The predicted molar refractivity (Wildman–Crippen MR) is 79.3 cm³/mol. The average Bonchev–Trinajstić information content (AvgIpc) is 2.69. The highest BCUT2D eigenvalue weighted by Crippen LogP contribution is 2.12. The predicted octanol–water partition coefficient (Wildman–Crippen LogP) is 1.90. The first-order valence-corrected chi connectivity index (χ1v) is 7.64. The summed E-state index contributed by atoms with van der Waals surface area (Å²) in [6.45, 7) is 12.5. The molecule has 0 bridgehead atoms. The van der Waals surface area contributed by atoms with Crippen LogP contribution < -0.4 is 5.32 Å². The zero-order valence-electron chi connectivity index (χ0n) is 12.6. The molecule has 1 saturated heterocycles. The molecule has 0 aliphatic carbocycles. The van der Waals surface area contributed by atoms with Gasteiger partial charge >= 0.3 is 0 Å². The molecule has 1 aliphatic rings. The van der Waals surface area contributed by atoms with Crippen molar-refractivity contribution in [2.75, 3.05) is 26.2 Å². The summed E-state index contributed by atoms with van der Waals surface area (Å²) in [7, 11) is 0. The minimum atomic E-state index is 0.649. The molecule has 1 aromatic heterocycles. The maximum Gasteiger partial charge on any atom is 0.105 e. The maximum absolute atomic E-state index is 4.29. The van der Waals surface area contributed by atoms with Crippen LogP contribution >= 0.6 is 0 Å². The van der Waals surface area contributed by atoms with Crippen LogP contribution in [0.5, 0.6) is 0 Å². The number of imidazole rings is 1. The molecule has 2 heterocycles. The molecule has 4 heteroatoms. The molecule has 1 aromatic rings. The molecule has 1 N–H and O–H groups in total. The zero-order chi connectivity index (χ0) is 13.7. The molecule has 108 valence electrons. The molecule has 1 aliphatic heterocycles. The third-order valence-electron chi connectivity index (χ3n) is 4.42. The van der Waals surface area contributed by atoms with Crippen LogP contribution in [0.2, 0.25) is 0 Å². The molecular formula is C15H28N4. The number of hydrogen-bond acceptors (Lipinski definition) is 3. The molecule has 0 spiro atoms. The summed E-state index contributed by atoms with van der Waals surface area (Å²) in [6, 6.07) is 0.649. The van der Waals surface area contributed by atoms with Crippen molar-refractivity contribution in [2.45, 2.75) is 46.2 Å². The average molecular weight is 264 g/mol. The molecule has 0 radical (unpaired) electrons. The summed E-state index contributed by atoms with van der Waals surface area (Å²) in [5, 5.41) is 3.71. The molecule has 2 rings (SSSR count). The Morgan fingerprint density at radius 1 is 1.47 bits per heavy atom. The van der Waals surface area contributed by atoms with Crippen LogP contribution in [0, 0.1) is 12.8 Å². The lowest BCUT2D eigenvalue weighted by molar-refractivity contribution is 0.230. The van der Waals surface area contributed by atoms with Crippen LogP contribution in [0.1, 0.15) is 32.5 Å². The first kappa shape index (κ1) is 14.5. The molecule has 2 atom stereocenters. The monoisotopic (exact) mass is 264 g/mol. The number of rotatable bonds is 5. The first-order chi connectivity index (χ1) is 9.20. The van der Waals surface area contributed by atoms with Gasteiger partial charge < -0.3 is 9.88 Å². The van der Waals surface area contributed by atoms with E-state index in [-0.39, 0.29) is 0 Å². The largest absolute Gasteiger partial charge is 0.334 e. The lowest BCUT2D eigenvalue weighted by Crippen LogP contribution is -2.42. The Kier molecular flexibility index (Phi) is 5.40. The smallest absolute Gasteiger partial charge is 0.105 e. The molecule has 0 saturated carbocycles. The number of aromatic nitrogens is 2. The Labute approximate surface area is 117 Å². The van der Waals surface area contributed by atoms with Crippen LogP contribution in [0.4, 0.5) is 0 Å². The van der Waals surface area contributed by atoms with E-state index in [2.05, 4.69) is 46.7 Å². The first-order valence-electron chi connectivity index (χ1n) is 7.64. The van der Waals surface area contributed by atoms with E-state index in [1.54, 1.807) is 0 Å². The second-order valence-corrected chi connectivity index (χ2v) is 5.77. The van der Waals surface area contributed by atoms with Gasteiger partial charge in [0.15, 0.2) is 0 Å². The summed E-state index contributed by atoms with van der Waals surface area (Å²) >= 11 is 0. The number of nitrogens with one attached hydrogen (secondary N) is 1. The molecule has 0 amide bonds. The molecule has 0 aromatic carbocycles. The van der Waals surface area contributed by atoms with Crippen LogP contribution in [-0.2, 0) is 6.54 Å². The quantitative estimate of drug-likeness (QED) is 0.882. The van der Waals surface area contributed by atoms with Crippen LogP contribution in [0.3, 0.4) is 0 Å². The van der Waals surface area contributed by atoms with Gasteiger partial charge in [-0.2, -0.15) is 0 Å². The zero-order valence-corrected chi connectivity index (χ0v) is 12.6. The Balaban J connectivity index is 1.86. The van der Waals surface area contributed by atoms with Gasteiger partial charge in [0.1, 0.15) is 5.82 Å². The second-order valence-electron chi connectivity index (χ2n) is 5.77. The number of aryl methyl sites for hydroxylation is 1. The lowest BCUT2D eigenvalue weighted by Gasteiger charge is -2.28. The lowest BCUT2D eigenvalue weighted by atomic mass is 9.99. The summed E-state index contributed by atoms with van der Waals surface area (Å²) in [5.74, 6) is 1.88. The van der Waals surface area contributed by atoms with Gasteiger partial charge in [0.25, 0.3) is 0 Å². The third-order valence-corrected chi connectivity index (χ3v) is 4.42. The highest BCUT2D eigenvalue weighted by atomic mass is 15.2. The highest BCUT2D eigenvalue weighted by molar-refractivity contribution is 4.89. The SMILES string of the molecule is CCC(C)C1CN(CCn2ccnc2C)CCCN1. The normalized spacial score (nSPS) is 23.2. The fourth-order valence-corrected chi connectivity index (χ4v) is 2.78. The summed E-state index contributed by atoms with van der Waals surface area (Å²) in [4.78, 5) is 6.89. The molecular weight excluding hydrogens is 236 g/mol. The maximum atomic E-state index is 4.29. The minimum absolute atomic E-state index is 0.649. The summed E-state index contributed by atoms with van der Waals surface area (Å²) < 4.78 is 2.25. The van der Waals surface area contributed by atoms with Crippen molar-refractivity contribution in [3.63, 3.8) is 0 Å². The minimum Gasteiger partial charge on any atom is -0.334 e. The van der Waals surface area contributed by atoms with E-state index in [0.29, 0.717) is 6.04 Å². The van der Waals surface area contributed by atoms with Gasteiger partial charge in [0.05, 0.1) is 0 Å². The fraction of sp³-hybridized carbons (Fsp3) is 0.800. The fourth-order valence-electron chi connectivity index (χ4n) is 2.78. The Bertz CT molecular complexity index is 374. The van der Waals surface area contributed by atoms with E-state index < -0.39 is 0 Å². The van der Waals surface area contributed by atoms with Gasteiger partial charge in [-0.25, -0.2) is 4.98 Å². The van der Waals surface area contributed by atoms with Crippen molar-refractivity contribution >= 4 is 0 Å². The third kappa shape index (κ3) is 4.05. The van der Waals surface area contributed by atoms with Gasteiger partial charge in [-0.3, -0.25) is 4.90 Å². The van der Waals surface area contributed by atoms with Crippen LogP contribution in [0.15, 0.2) is 12.4 Å². The van der Waals surface area contributed by atoms with Gasteiger partial charge in [-0.15, -0.1) is 0 Å². The molecule has 19 heavy (non-hydrogen) atoms. The van der Waals surface area contributed by atoms with Crippen molar-refractivity contribution in [2.24, 2.45) is 5.92 Å².